The van der Waals surface area contributed by atoms with Crippen LogP contribution in [0, 0.1) is 20.8 Å². The van der Waals surface area contributed by atoms with Crippen LogP contribution in [0.5, 0.6) is 0 Å². The second kappa shape index (κ2) is 7.16. The molecule has 1 aliphatic rings. The number of hydrogen-bond donors (Lipinski definition) is 0. The van der Waals surface area contributed by atoms with Crippen molar-refractivity contribution >= 4 is 51.9 Å². The zero-order chi connectivity index (χ0) is 24.0. The second-order valence-electron chi connectivity index (χ2n) is 10.2. The van der Waals surface area contributed by atoms with Crippen LogP contribution in [0.2, 0.25) is 6.55 Å². The fourth-order valence-electron chi connectivity index (χ4n) is 6.29. The Kier molecular flexibility index (Phi) is 4.22. The second-order valence-corrected chi connectivity index (χ2v) is 12.9. The maximum absolute atomic E-state index is 6.55. The van der Waals surface area contributed by atoms with Crippen LogP contribution in [-0.4, -0.2) is 8.80 Å². The van der Waals surface area contributed by atoms with Crippen LogP contribution < -0.4 is 14.9 Å². The summed E-state index contributed by atoms with van der Waals surface area (Å²) in [4.78, 5) is 0. The Bertz CT molecular complexity index is 1860. The molecular formula is C32H28NOSi+. The zero-order valence-electron chi connectivity index (χ0n) is 20.9. The highest BCUT2D eigenvalue weighted by atomic mass is 28.3. The van der Waals surface area contributed by atoms with E-state index in [9.17, 15) is 0 Å². The lowest BCUT2D eigenvalue weighted by Crippen LogP contribution is -2.36. The lowest BCUT2D eigenvalue weighted by atomic mass is 9.92. The first-order valence-corrected chi connectivity index (χ1v) is 14.7. The van der Waals surface area contributed by atoms with E-state index >= 15 is 0 Å². The third kappa shape index (κ3) is 2.73. The van der Waals surface area contributed by atoms with E-state index in [2.05, 4.69) is 112 Å². The van der Waals surface area contributed by atoms with Crippen molar-refractivity contribution in [3.63, 3.8) is 0 Å². The molecule has 6 aromatic rings. The molecule has 0 fully saturated rings. The van der Waals surface area contributed by atoms with E-state index in [1.54, 1.807) is 10.4 Å². The van der Waals surface area contributed by atoms with Gasteiger partial charge in [-0.15, -0.1) is 0 Å². The lowest BCUT2D eigenvalue weighted by Gasteiger charge is -2.14. The molecule has 3 heterocycles. The molecule has 1 aliphatic heterocycles. The number of hydrogen-bond acceptors (Lipinski definition) is 1. The summed E-state index contributed by atoms with van der Waals surface area (Å²) < 4.78 is 8.83. The minimum absolute atomic E-state index is 0.949. The van der Waals surface area contributed by atoms with Crippen molar-refractivity contribution in [2.24, 2.45) is 7.05 Å². The van der Waals surface area contributed by atoms with E-state index < -0.39 is 8.80 Å². The average molecular weight is 471 g/mol. The summed E-state index contributed by atoms with van der Waals surface area (Å²) in [5.41, 5.74) is 11.2. The van der Waals surface area contributed by atoms with Gasteiger partial charge in [0.05, 0.1) is 10.9 Å². The van der Waals surface area contributed by atoms with E-state index in [1.165, 1.54) is 60.6 Å². The van der Waals surface area contributed by atoms with Gasteiger partial charge in [0.1, 0.15) is 27.0 Å². The number of nitrogens with zero attached hydrogens (tertiary/aromatic N) is 1. The van der Waals surface area contributed by atoms with Gasteiger partial charge in [0, 0.05) is 16.8 Å². The predicted molar refractivity (Wildman–Crippen MR) is 150 cm³/mol. The van der Waals surface area contributed by atoms with Gasteiger partial charge in [-0.1, -0.05) is 59.8 Å². The standard InChI is InChI=1S/C32H28NOSi/c1-18-10-13-28-25(16-18)23-12-11-22-24(32(23)35(28)5)14-15-33(4)30(22)29-20(3)19(2)17-26-21-8-6-7-9-27(21)34-31(26)29/h6-17,35H,1-5H3/q+1. The van der Waals surface area contributed by atoms with E-state index in [4.69, 9.17) is 4.42 Å². The quantitative estimate of drug-likeness (QED) is 0.209. The van der Waals surface area contributed by atoms with Crippen LogP contribution >= 0.6 is 0 Å². The summed E-state index contributed by atoms with van der Waals surface area (Å²) in [5.74, 6) is 0. The number of fused-ring (bicyclic) bond motifs is 8. The summed E-state index contributed by atoms with van der Waals surface area (Å²) in [6.45, 7) is 9.14. The molecule has 4 aromatic carbocycles. The predicted octanol–water partition coefficient (Wildman–Crippen LogP) is 6.11. The van der Waals surface area contributed by atoms with Crippen molar-refractivity contribution in [1.29, 1.82) is 0 Å². The van der Waals surface area contributed by atoms with E-state index in [0.717, 1.165) is 11.2 Å². The first-order chi connectivity index (χ1) is 16.9. The first-order valence-electron chi connectivity index (χ1n) is 12.4. The highest BCUT2D eigenvalue weighted by Crippen LogP contribution is 2.41. The van der Waals surface area contributed by atoms with Crippen molar-refractivity contribution in [3.8, 4) is 22.4 Å². The third-order valence-corrected chi connectivity index (χ3v) is 11.1. The number of rotatable bonds is 1. The molecule has 170 valence electrons. The van der Waals surface area contributed by atoms with Gasteiger partial charge in [-0.2, -0.15) is 0 Å². The molecule has 2 aromatic heterocycles. The van der Waals surface area contributed by atoms with E-state index in [1.807, 2.05) is 0 Å². The van der Waals surface area contributed by atoms with Crippen LogP contribution in [0.15, 0.2) is 77.3 Å². The lowest BCUT2D eigenvalue weighted by molar-refractivity contribution is -0.659. The van der Waals surface area contributed by atoms with Gasteiger partial charge < -0.3 is 4.42 Å². The molecule has 0 aliphatic carbocycles. The van der Waals surface area contributed by atoms with Gasteiger partial charge >= 0.3 is 0 Å². The van der Waals surface area contributed by atoms with Gasteiger partial charge in [-0.3, -0.25) is 0 Å². The highest BCUT2D eigenvalue weighted by molar-refractivity contribution is 6.90. The molecule has 1 atom stereocenters. The Hall–Kier alpha value is -3.69. The highest BCUT2D eigenvalue weighted by Gasteiger charge is 2.31. The first kappa shape index (κ1) is 20.7. The molecule has 0 radical (unpaired) electrons. The van der Waals surface area contributed by atoms with Crippen molar-refractivity contribution < 1.29 is 8.98 Å². The van der Waals surface area contributed by atoms with Gasteiger partial charge in [0.15, 0.2) is 6.20 Å². The Balaban J connectivity index is 1.60. The van der Waals surface area contributed by atoms with Crippen LogP contribution in [-0.2, 0) is 7.05 Å². The van der Waals surface area contributed by atoms with Crippen molar-refractivity contribution in [1.82, 2.24) is 0 Å². The Morgan fingerprint density at radius 1 is 0.771 bits per heavy atom. The minimum atomic E-state index is -1.27. The number of furan rings is 1. The van der Waals surface area contributed by atoms with E-state index in [-0.39, 0.29) is 0 Å². The molecule has 0 saturated heterocycles. The van der Waals surface area contributed by atoms with Crippen molar-refractivity contribution in [3.05, 3.63) is 89.6 Å². The fourth-order valence-corrected chi connectivity index (χ4v) is 9.13. The monoisotopic (exact) mass is 470 g/mol. The fraction of sp³-hybridized carbons (Fsp3) is 0.156. The van der Waals surface area contributed by atoms with Crippen LogP contribution in [0.1, 0.15) is 16.7 Å². The summed E-state index contributed by atoms with van der Waals surface area (Å²) in [5, 5.41) is 8.24. The van der Waals surface area contributed by atoms with Crippen LogP contribution in [0.25, 0.3) is 55.1 Å². The van der Waals surface area contributed by atoms with Crippen LogP contribution in [0.3, 0.4) is 0 Å². The van der Waals surface area contributed by atoms with Gasteiger partial charge in [-0.25, -0.2) is 4.57 Å². The summed E-state index contributed by atoms with van der Waals surface area (Å²) in [6.07, 6.45) is 2.24. The molecule has 0 amide bonds. The Morgan fingerprint density at radius 2 is 1.60 bits per heavy atom. The molecule has 0 spiro atoms. The van der Waals surface area contributed by atoms with Crippen molar-refractivity contribution in [2.45, 2.75) is 27.3 Å². The minimum Gasteiger partial charge on any atom is -0.455 e. The average Bonchev–Trinajstić information content (AvgIpc) is 3.35. The molecule has 0 bridgehead atoms. The molecule has 0 N–H and O–H groups in total. The SMILES string of the molecule is Cc1ccc2c(c1)-c1ccc3c(-c4c(C)c(C)cc5c4oc4ccccc45)[n+](C)ccc3c1[SiH]2C. The van der Waals surface area contributed by atoms with Gasteiger partial charge in [-0.05, 0) is 71.8 Å². The Labute approximate surface area is 207 Å². The number of pyridine rings is 1. The van der Waals surface area contributed by atoms with Crippen molar-refractivity contribution in [2.75, 3.05) is 0 Å². The van der Waals surface area contributed by atoms with Gasteiger partial charge in [0.25, 0.3) is 0 Å². The largest absolute Gasteiger partial charge is 0.455 e. The maximum atomic E-state index is 6.55. The molecule has 3 heteroatoms. The zero-order valence-corrected chi connectivity index (χ0v) is 22.0. The number of aromatic nitrogens is 1. The van der Waals surface area contributed by atoms with E-state index in [0.29, 0.717) is 0 Å². The summed E-state index contributed by atoms with van der Waals surface area (Å²) in [7, 11) is 0.890. The molecule has 7 rings (SSSR count). The molecule has 1 unspecified atom stereocenters. The normalized spacial score (nSPS) is 14.7. The number of para-hydroxylation sites is 1. The topological polar surface area (TPSA) is 17.0 Å². The number of aryl methyl sites for hydroxylation is 3. The smallest absolute Gasteiger partial charge is 0.224 e. The molecular weight excluding hydrogens is 442 g/mol. The van der Waals surface area contributed by atoms with Gasteiger partial charge in [0.2, 0.25) is 5.69 Å². The summed E-state index contributed by atoms with van der Waals surface area (Å²) in [6, 6.07) is 24.8. The van der Waals surface area contributed by atoms with Crippen LogP contribution in [0.4, 0.5) is 0 Å². The number of benzene rings is 4. The third-order valence-electron chi connectivity index (χ3n) is 8.18. The molecule has 0 saturated carbocycles. The summed E-state index contributed by atoms with van der Waals surface area (Å²) >= 11 is 0. The molecule has 2 nitrogen and oxygen atoms in total. The maximum Gasteiger partial charge on any atom is 0.224 e. The molecule has 35 heavy (non-hydrogen) atoms. The Morgan fingerprint density at radius 3 is 2.46 bits per heavy atom.